The Bertz CT molecular complexity index is 1140. The van der Waals surface area contributed by atoms with E-state index < -0.39 is 0 Å². The molecule has 7 nitrogen and oxygen atoms in total. The molecule has 0 atom stereocenters. The molecule has 0 bridgehead atoms. The maximum Gasteiger partial charge on any atom is 0.223 e. The summed E-state index contributed by atoms with van der Waals surface area (Å²) in [5, 5.41) is 3.10. The maximum atomic E-state index is 12.9. The maximum absolute atomic E-state index is 12.9. The predicted octanol–water partition coefficient (Wildman–Crippen LogP) is 4.78. The lowest BCUT2D eigenvalue weighted by atomic mass is 9.95. The number of ether oxygens (including phenoxy) is 2. The van der Waals surface area contributed by atoms with Gasteiger partial charge in [-0.05, 0) is 57.4 Å². The van der Waals surface area contributed by atoms with Crippen molar-refractivity contribution in [3.05, 3.63) is 66.0 Å². The molecule has 2 aromatic carbocycles. The van der Waals surface area contributed by atoms with Crippen LogP contribution in [-0.4, -0.2) is 42.2 Å². The number of amides is 1. The number of piperidine rings is 1. The van der Waals surface area contributed by atoms with Crippen molar-refractivity contribution < 1.29 is 14.3 Å². The van der Waals surface area contributed by atoms with E-state index >= 15 is 0 Å². The van der Waals surface area contributed by atoms with Crippen LogP contribution in [0.2, 0.25) is 0 Å². The number of carbonyl (C=O) groups is 1. The van der Waals surface area contributed by atoms with Crippen molar-refractivity contribution in [1.29, 1.82) is 0 Å². The van der Waals surface area contributed by atoms with Gasteiger partial charge < -0.3 is 19.7 Å². The molecule has 1 aliphatic rings. The Morgan fingerprint density at radius 2 is 1.77 bits per heavy atom. The van der Waals surface area contributed by atoms with Crippen molar-refractivity contribution in [3.63, 3.8) is 0 Å². The second kappa shape index (κ2) is 11.7. The number of aromatic nitrogens is 2. The molecule has 2 heterocycles. The van der Waals surface area contributed by atoms with Gasteiger partial charge in [-0.3, -0.25) is 4.79 Å². The van der Waals surface area contributed by atoms with E-state index in [1.54, 1.807) is 6.33 Å². The van der Waals surface area contributed by atoms with E-state index in [1.165, 1.54) is 5.56 Å². The lowest BCUT2D eigenvalue weighted by Gasteiger charge is -2.32. The van der Waals surface area contributed by atoms with Gasteiger partial charge in [-0.15, -0.1) is 0 Å². The number of rotatable bonds is 9. The highest BCUT2D eigenvalue weighted by molar-refractivity contribution is 5.79. The van der Waals surface area contributed by atoms with Gasteiger partial charge in [0.1, 0.15) is 12.1 Å². The van der Waals surface area contributed by atoms with Crippen molar-refractivity contribution in [1.82, 2.24) is 15.3 Å². The van der Waals surface area contributed by atoms with E-state index in [-0.39, 0.29) is 11.8 Å². The average molecular weight is 475 g/mol. The van der Waals surface area contributed by atoms with Gasteiger partial charge in [0, 0.05) is 37.2 Å². The Morgan fingerprint density at radius 3 is 2.51 bits per heavy atom. The number of hydrogen-bond acceptors (Lipinski definition) is 6. The molecule has 4 rings (SSSR count). The van der Waals surface area contributed by atoms with Crippen molar-refractivity contribution in [2.24, 2.45) is 5.92 Å². The number of carbonyl (C=O) groups excluding carboxylic acids is 1. The summed E-state index contributed by atoms with van der Waals surface area (Å²) in [7, 11) is 0. The van der Waals surface area contributed by atoms with Crippen LogP contribution in [0.25, 0.3) is 11.3 Å². The number of nitrogens with zero attached hydrogens (tertiary/aromatic N) is 3. The molecule has 7 heteroatoms. The van der Waals surface area contributed by atoms with Gasteiger partial charge in [-0.25, -0.2) is 9.97 Å². The number of benzene rings is 2. The molecule has 1 aromatic heterocycles. The minimum atomic E-state index is -0.00149. The van der Waals surface area contributed by atoms with E-state index in [4.69, 9.17) is 9.47 Å². The zero-order valence-electron chi connectivity index (χ0n) is 20.8. The van der Waals surface area contributed by atoms with Crippen molar-refractivity contribution in [2.45, 2.75) is 40.2 Å². The molecule has 1 aliphatic heterocycles. The van der Waals surface area contributed by atoms with Crippen LogP contribution in [0.4, 0.5) is 5.82 Å². The Hall–Kier alpha value is -3.61. The van der Waals surface area contributed by atoms with Crippen LogP contribution >= 0.6 is 0 Å². The van der Waals surface area contributed by atoms with Gasteiger partial charge in [0.05, 0.1) is 18.9 Å². The predicted molar refractivity (Wildman–Crippen MR) is 138 cm³/mol. The first kappa shape index (κ1) is 24.5. The summed E-state index contributed by atoms with van der Waals surface area (Å²) < 4.78 is 11.3. The van der Waals surface area contributed by atoms with Gasteiger partial charge in [0.15, 0.2) is 11.5 Å². The molecule has 0 spiro atoms. The van der Waals surface area contributed by atoms with E-state index in [0.29, 0.717) is 25.5 Å². The molecular formula is C28H34N4O3. The number of anilines is 1. The van der Waals surface area contributed by atoms with Crippen LogP contribution in [-0.2, 0) is 11.3 Å². The van der Waals surface area contributed by atoms with Crippen molar-refractivity contribution >= 4 is 11.7 Å². The van der Waals surface area contributed by atoms with Gasteiger partial charge in [-0.2, -0.15) is 0 Å². The number of nitrogens with one attached hydrogen (secondary N) is 1. The van der Waals surface area contributed by atoms with E-state index in [1.807, 2.05) is 44.2 Å². The van der Waals surface area contributed by atoms with E-state index in [9.17, 15) is 4.79 Å². The smallest absolute Gasteiger partial charge is 0.223 e. The summed E-state index contributed by atoms with van der Waals surface area (Å²) in [5.41, 5.74) is 4.20. The molecule has 184 valence electrons. The van der Waals surface area contributed by atoms with Crippen LogP contribution in [0, 0.1) is 12.8 Å². The fraction of sp³-hybridized carbons (Fsp3) is 0.393. The molecule has 1 saturated heterocycles. The minimum absolute atomic E-state index is 0.00149. The third kappa shape index (κ3) is 6.29. The molecule has 3 aromatic rings. The van der Waals surface area contributed by atoms with Crippen molar-refractivity contribution in [2.75, 3.05) is 31.2 Å². The molecule has 0 unspecified atom stereocenters. The summed E-state index contributed by atoms with van der Waals surface area (Å²) in [6.45, 7) is 9.17. The standard InChI is InChI=1S/C28H34N4O3/c1-4-34-25-10-9-21(16-26(25)35-5-2)18-29-28(33)22-11-13-32(14-12-22)27-17-24(30-19-31-27)23-8-6-7-20(3)15-23/h6-10,15-17,19,22H,4-5,11-14,18H2,1-3H3,(H,29,33). The van der Waals surface area contributed by atoms with Crippen LogP contribution in [0.5, 0.6) is 11.5 Å². The summed E-state index contributed by atoms with van der Waals surface area (Å²) in [6.07, 6.45) is 3.21. The molecule has 0 aliphatic carbocycles. The van der Waals surface area contributed by atoms with E-state index in [2.05, 4.69) is 45.3 Å². The third-order valence-corrected chi connectivity index (χ3v) is 6.23. The third-order valence-electron chi connectivity index (χ3n) is 6.23. The lowest BCUT2D eigenvalue weighted by Crippen LogP contribution is -2.40. The first-order valence-corrected chi connectivity index (χ1v) is 12.4. The lowest BCUT2D eigenvalue weighted by molar-refractivity contribution is -0.125. The highest BCUT2D eigenvalue weighted by atomic mass is 16.5. The highest BCUT2D eigenvalue weighted by Gasteiger charge is 2.25. The van der Waals surface area contributed by atoms with E-state index in [0.717, 1.165) is 54.3 Å². The Kier molecular flexibility index (Phi) is 8.19. The molecular weight excluding hydrogens is 440 g/mol. The first-order chi connectivity index (χ1) is 17.1. The monoisotopic (exact) mass is 474 g/mol. The fourth-order valence-corrected chi connectivity index (χ4v) is 4.39. The quantitative estimate of drug-likeness (QED) is 0.481. The zero-order valence-corrected chi connectivity index (χ0v) is 20.8. The average Bonchev–Trinajstić information content (AvgIpc) is 2.89. The minimum Gasteiger partial charge on any atom is -0.490 e. The molecule has 1 amide bonds. The first-order valence-electron chi connectivity index (χ1n) is 12.4. The van der Waals surface area contributed by atoms with Crippen LogP contribution in [0.1, 0.15) is 37.8 Å². The highest BCUT2D eigenvalue weighted by Crippen LogP contribution is 2.29. The van der Waals surface area contributed by atoms with Gasteiger partial charge in [0.2, 0.25) is 5.91 Å². The summed E-state index contributed by atoms with van der Waals surface area (Å²) >= 11 is 0. The molecule has 35 heavy (non-hydrogen) atoms. The van der Waals surface area contributed by atoms with Crippen LogP contribution in [0.3, 0.4) is 0 Å². The summed E-state index contributed by atoms with van der Waals surface area (Å²) in [6, 6.07) is 16.2. The number of aryl methyl sites for hydroxylation is 1. The fourth-order valence-electron chi connectivity index (χ4n) is 4.39. The van der Waals surface area contributed by atoms with Crippen LogP contribution < -0.4 is 19.7 Å². The largest absolute Gasteiger partial charge is 0.490 e. The van der Waals surface area contributed by atoms with Gasteiger partial charge >= 0.3 is 0 Å². The Balaban J connectivity index is 1.32. The number of hydrogen-bond donors (Lipinski definition) is 1. The zero-order chi connectivity index (χ0) is 24.6. The SMILES string of the molecule is CCOc1ccc(CNC(=O)C2CCN(c3cc(-c4cccc(C)c4)ncn3)CC2)cc1OCC. The van der Waals surface area contributed by atoms with Gasteiger partial charge in [0.25, 0.3) is 0 Å². The molecule has 1 fully saturated rings. The molecule has 0 radical (unpaired) electrons. The Labute approximate surface area is 207 Å². The Morgan fingerprint density at radius 1 is 1.00 bits per heavy atom. The second-order valence-corrected chi connectivity index (χ2v) is 8.76. The molecule has 0 saturated carbocycles. The second-order valence-electron chi connectivity index (χ2n) is 8.76. The van der Waals surface area contributed by atoms with Gasteiger partial charge in [-0.1, -0.05) is 29.8 Å². The summed E-state index contributed by atoms with van der Waals surface area (Å²) in [5.74, 6) is 2.45. The summed E-state index contributed by atoms with van der Waals surface area (Å²) in [4.78, 5) is 24.0. The van der Waals surface area contributed by atoms with Crippen LogP contribution in [0.15, 0.2) is 54.9 Å². The topological polar surface area (TPSA) is 76.6 Å². The normalized spacial score (nSPS) is 14.0. The van der Waals surface area contributed by atoms with Crippen molar-refractivity contribution in [3.8, 4) is 22.8 Å². The molecule has 1 N–H and O–H groups in total.